The molecule has 2 aromatic carbocycles. The van der Waals surface area contributed by atoms with Gasteiger partial charge < -0.3 is 19.7 Å². The minimum Gasteiger partial charge on any atom is -0.486 e. The number of nitrogens with one attached hydrogen (secondary N) is 1. The van der Waals surface area contributed by atoms with Crippen molar-refractivity contribution >= 4 is 23.2 Å². The second-order valence-electron chi connectivity index (χ2n) is 7.69. The molecule has 1 aromatic heterocycles. The number of benzene rings is 2. The molecule has 1 N–H and O–H groups in total. The molecule has 2 aliphatic rings. The molecule has 0 saturated carbocycles. The van der Waals surface area contributed by atoms with Crippen LogP contribution in [0.2, 0.25) is 0 Å². The Bertz CT molecular complexity index is 1100. The van der Waals surface area contributed by atoms with E-state index in [4.69, 9.17) is 9.47 Å². The second-order valence-corrected chi connectivity index (χ2v) is 7.69. The maximum atomic E-state index is 13.1. The number of carbonyl (C=O) groups excluding carboxylic acids is 1. The number of anilines is 3. The van der Waals surface area contributed by atoms with Crippen LogP contribution in [0.25, 0.3) is 0 Å². The predicted octanol–water partition coefficient (Wildman–Crippen LogP) is 4.22. The lowest BCUT2D eigenvalue weighted by Gasteiger charge is -2.36. The van der Waals surface area contributed by atoms with Crippen LogP contribution < -0.4 is 24.6 Å². The molecular formula is C24H24N4O3. The normalized spacial score (nSPS) is 14.7. The zero-order valence-electron chi connectivity index (χ0n) is 17.4. The number of hydrogen-bond donors (Lipinski definition) is 1. The van der Waals surface area contributed by atoms with Crippen molar-refractivity contribution in [1.82, 2.24) is 4.98 Å². The van der Waals surface area contributed by atoms with E-state index in [0.717, 1.165) is 18.1 Å². The van der Waals surface area contributed by atoms with Crippen molar-refractivity contribution < 1.29 is 14.3 Å². The first-order valence-corrected chi connectivity index (χ1v) is 10.4. The Hall–Kier alpha value is -3.74. The minimum atomic E-state index is -0.194. The molecule has 0 atom stereocenters. The Morgan fingerprint density at radius 3 is 2.68 bits per heavy atom. The second kappa shape index (κ2) is 8.18. The Morgan fingerprint density at radius 1 is 1.03 bits per heavy atom. The molecule has 158 valence electrons. The molecule has 2 aliphatic heterocycles. The smallest absolute Gasteiger partial charge is 0.326 e. The number of aryl methyl sites for hydroxylation is 1. The highest BCUT2D eigenvalue weighted by Crippen LogP contribution is 2.34. The summed E-state index contributed by atoms with van der Waals surface area (Å²) < 4.78 is 11.2. The van der Waals surface area contributed by atoms with Crippen LogP contribution in [0, 0.1) is 6.92 Å². The summed E-state index contributed by atoms with van der Waals surface area (Å²) in [5, 5.41) is 2.98. The quantitative estimate of drug-likeness (QED) is 0.693. The summed E-state index contributed by atoms with van der Waals surface area (Å²) in [6, 6.07) is 17.5. The molecule has 7 heteroatoms. The third kappa shape index (κ3) is 3.99. The van der Waals surface area contributed by atoms with Crippen molar-refractivity contribution in [2.45, 2.75) is 13.5 Å². The number of carbonyl (C=O) groups is 1. The summed E-state index contributed by atoms with van der Waals surface area (Å²) in [6.07, 6.45) is 1.77. The molecule has 0 fully saturated rings. The number of rotatable bonds is 3. The number of pyridine rings is 1. The Morgan fingerprint density at radius 2 is 1.84 bits per heavy atom. The molecule has 31 heavy (non-hydrogen) atoms. The fourth-order valence-electron chi connectivity index (χ4n) is 3.88. The Kier molecular flexibility index (Phi) is 5.08. The van der Waals surface area contributed by atoms with E-state index >= 15 is 0 Å². The number of fused-ring (bicyclic) bond motifs is 2. The van der Waals surface area contributed by atoms with Crippen LogP contribution in [0.4, 0.5) is 22.0 Å². The summed E-state index contributed by atoms with van der Waals surface area (Å²) >= 11 is 0. The summed E-state index contributed by atoms with van der Waals surface area (Å²) in [4.78, 5) is 21.6. The van der Waals surface area contributed by atoms with Crippen molar-refractivity contribution in [1.29, 1.82) is 0 Å². The van der Waals surface area contributed by atoms with Gasteiger partial charge >= 0.3 is 6.03 Å². The molecule has 3 aromatic rings. The van der Waals surface area contributed by atoms with E-state index in [1.165, 1.54) is 11.1 Å². The van der Waals surface area contributed by atoms with Gasteiger partial charge in [0.05, 0.1) is 5.69 Å². The van der Waals surface area contributed by atoms with Gasteiger partial charge in [-0.3, -0.25) is 4.90 Å². The molecule has 3 heterocycles. The van der Waals surface area contributed by atoms with Gasteiger partial charge in [0, 0.05) is 37.6 Å². The highest BCUT2D eigenvalue weighted by atomic mass is 16.6. The first-order valence-electron chi connectivity index (χ1n) is 10.4. The van der Waals surface area contributed by atoms with Crippen molar-refractivity contribution in [2.75, 3.05) is 41.4 Å². The maximum absolute atomic E-state index is 13.1. The minimum absolute atomic E-state index is 0.194. The van der Waals surface area contributed by atoms with Crippen LogP contribution in [0.5, 0.6) is 11.5 Å². The number of ether oxygens (including phenoxy) is 2. The Labute approximate surface area is 181 Å². The topological polar surface area (TPSA) is 66.9 Å². The van der Waals surface area contributed by atoms with Gasteiger partial charge in [0.25, 0.3) is 0 Å². The van der Waals surface area contributed by atoms with E-state index in [1.807, 2.05) is 24.3 Å². The molecule has 2 amide bonds. The summed E-state index contributed by atoms with van der Waals surface area (Å²) in [5.41, 5.74) is 3.93. The summed E-state index contributed by atoms with van der Waals surface area (Å²) in [7, 11) is 0. The van der Waals surface area contributed by atoms with Gasteiger partial charge in [0.1, 0.15) is 13.2 Å². The van der Waals surface area contributed by atoms with E-state index < -0.39 is 0 Å². The van der Waals surface area contributed by atoms with Crippen molar-refractivity contribution in [3.63, 3.8) is 0 Å². The zero-order valence-corrected chi connectivity index (χ0v) is 17.4. The zero-order chi connectivity index (χ0) is 21.2. The van der Waals surface area contributed by atoms with Crippen LogP contribution in [0.15, 0.2) is 60.8 Å². The molecule has 0 spiro atoms. The van der Waals surface area contributed by atoms with E-state index in [-0.39, 0.29) is 6.03 Å². The average Bonchev–Trinajstić information content (AvgIpc) is 2.80. The highest BCUT2D eigenvalue weighted by Gasteiger charge is 2.28. The number of nitrogens with zero attached hydrogens (tertiary/aromatic N) is 3. The van der Waals surface area contributed by atoms with E-state index in [0.29, 0.717) is 43.5 Å². The van der Waals surface area contributed by atoms with Crippen LogP contribution in [-0.2, 0) is 6.54 Å². The fraction of sp³-hybridized carbons (Fsp3) is 0.250. The predicted molar refractivity (Wildman–Crippen MR) is 120 cm³/mol. The van der Waals surface area contributed by atoms with Gasteiger partial charge in [0.2, 0.25) is 0 Å². The maximum Gasteiger partial charge on any atom is 0.326 e. The lowest BCUT2D eigenvalue weighted by molar-refractivity contribution is 0.171. The Balaban J connectivity index is 1.34. The molecule has 0 bridgehead atoms. The van der Waals surface area contributed by atoms with Gasteiger partial charge in [0.15, 0.2) is 17.3 Å². The van der Waals surface area contributed by atoms with E-state index in [2.05, 4.69) is 46.4 Å². The fourth-order valence-corrected chi connectivity index (χ4v) is 3.88. The molecular weight excluding hydrogens is 392 g/mol. The van der Waals surface area contributed by atoms with Crippen molar-refractivity contribution in [3.8, 4) is 11.5 Å². The van der Waals surface area contributed by atoms with Crippen LogP contribution in [-0.4, -0.2) is 37.3 Å². The van der Waals surface area contributed by atoms with Crippen LogP contribution >= 0.6 is 0 Å². The van der Waals surface area contributed by atoms with Gasteiger partial charge in [-0.1, -0.05) is 29.8 Å². The number of aromatic nitrogens is 1. The molecule has 0 unspecified atom stereocenters. The van der Waals surface area contributed by atoms with Crippen LogP contribution in [0.1, 0.15) is 11.1 Å². The monoisotopic (exact) mass is 416 g/mol. The van der Waals surface area contributed by atoms with Gasteiger partial charge in [-0.15, -0.1) is 0 Å². The number of urea groups is 1. The van der Waals surface area contributed by atoms with E-state index in [1.54, 1.807) is 17.2 Å². The van der Waals surface area contributed by atoms with Gasteiger partial charge in [-0.2, -0.15) is 0 Å². The third-order valence-electron chi connectivity index (χ3n) is 5.48. The van der Waals surface area contributed by atoms with Crippen LogP contribution in [0.3, 0.4) is 0 Å². The largest absolute Gasteiger partial charge is 0.486 e. The first kappa shape index (κ1) is 19.2. The van der Waals surface area contributed by atoms with Crippen molar-refractivity contribution in [3.05, 3.63) is 71.9 Å². The summed E-state index contributed by atoms with van der Waals surface area (Å²) in [6.45, 7) is 5.15. The molecule has 0 radical (unpaired) electrons. The molecule has 5 rings (SSSR count). The molecule has 7 nitrogen and oxygen atoms in total. The van der Waals surface area contributed by atoms with E-state index in [9.17, 15) is 4.79 Å². The third-order valence-corrected chi connectivity index (χ3v) is 5.48. The average molecular weight is 416 g/mol. The lowest BCUT2D eigenvalue weighted by atomic mass is 10.1. The standard InChI is InChI=1S/C24H24N4O3/c1-17-4-6-18(7-5-17)16-27-11-12-28(20-3-2-10-25-23(20)27)24(29)26-19-8-9-21-22(15-19)31-14-13-30-21/h2-10,15H,11-14,16H2,1H3,(H,26,29). The molecule has 0 saturated heterocycles. The van der Waals surface area contributed by atoms with Gasteiger partial charge in [-0.05, 0) is 36.8 Å². The lowest BCUT2D eigenvalue weighted by Crippen LogP contribution is -2.46. The SMILES string of the molecule is Cc1ccc(CN2CCN(C(=O)Nc3ccc4c(c3)OCCO4)c3cccnc32)cc1. The summed E-state index contributed by atoms with van der Waals surface area (Å²) in [5.74, 6) is 2.16. The number of amides is 2. The highest BCUT2D eigenvalue weighted by molar-refractivity contribution is 6.04. The van der Waals surface area contributed by atoms with Gasteiger partial charge in [-0.25, -0.2) is 9.78 Å². The molecule has 0 aliphatic carbocycles. The first-order chi connectivity index (χ1) is 15.2. The van der Waals surface area contributed by atoms with Crippen molar-refractivity contribution in [2.24, 2.45) is 0 Å². The number of hydrogen-bond acceptors (Lipinski definition) is 5.